The Morgan fingerprint density at radius 2 is 1.97 bits per heavy atom. The number of hydrogen-bond acceptors (Lipinski definition) is 9. The molecule has 1 saturated carbocycles. The van der Waals surface area contributed by atoms with Gasteiger partial charge in [-0.15, -0.1) is 0 Å². The summed E-state index contributed by atoms with van der Waals surface area (Å²) in [6.45, 7) is 1.90. The maximum absolute atomic E-state index is 15.4. The zero-order chi connectivity index (χ0) is 25.6. The summed E-state index contributed by atoms with van der Waals surface area (Å²) < 4.78 is 43.9. The van der Waals surface area contributed by atoms with Crippen LogP contribution < -0.4 is 10.5 Å². The molecule has 5 rings (SSSR count). The molecule has 0 saturated heterocycles. The maximum Gasteiger partial charge on any atom is 0.232 e. The van der Waals surface area contributed by atoms with E-state index in [9.17, 15) is 4.21 Å². The Hall–Kier alpha value is -3.34. The van der Waals surface area contributed by atoms with Crippen molar-refractivity contribution in [1.29, 1.82) is 0 Å². The van der Waals surface area contributed by atoms with Crippen LogP contribution in [0.5, 0.6) is 5.88 Å². The van der Waals surface area contributed by atoms with Gasteiger partial charge in [0.2, 0.25) is 5.88 Å². The number of methoxy groups -OCH3 is 1. The van der Waals surface area contributed by atoms with Crippen LogP contribution >= 0.6 is 0 Å². The van der Waals surface area contributed by atoms with Crippen LogP contribution in [0.1, 0.15) is 44.6 Å². The van der Waals surface area contributed by atoms with Crippen molar-refractivity contribution in [2.75, 3.05) is 19.9 Å². The Bertz CT molecular complexity index is 1440. The van der Waals surface area contributed by atoms with E-state index in [1.54, 1.807) is 25.2 Å². The number of benzene rings is 1. The van der Waals surface area contributed by atoms with Gasteiger partial charge in [0, 0.05) is 24.2 Å². The molecule has 3 heterocycles. The molecule has 9 nitrogen and oxygen atoms in total. The first kappa shape index (κ1) is 24.4. The number of nitrogens with two attached hydrogens (primary N) is 1. The van der Waals surface area contributed by atoms with Gasteiger partial charge in [0.25, 0.3) is 0 Å². The third kappa shape index (κ3) is 3.68. The summed E-state index contributed by atoms with van der Waals surface area (Å²) in [7, 11) is 0.311. The molecule has 1 fully saturated rings. The molecule has 36 heavy (non-hydrogen) atoms. The normalized spacial score (nSPS) is 25.1. The molecule has 2 aliphatic rings. The Balaban J connectivity index is 1.58. The summed E-state index contributed by atoms with van der Waals surface area (Å²) in [5.74, 6) is 0.817. The van der Waals surface area contributed by atoms with E-state index in [2.05, 4.69) is 19.5 Å². The van der Waals surface area contributed by atoms with Crippen LogP contribution in [-0.2, 0) is 15.3 Å². The van der Waals surface area contributed by atoms with Gasteiger partial charge in [-0.05, 0) is 37.5 Å². The van der Waals surface area contributed by atoms with Crippen LogP contribution in [0.2, 0.25) is 0 Å². The van der Waals surface area contributed by atoms with Crippen molar-refractivity contribution in [1.82, 2.24) is 15.1 Å². The molecule has 2 atom stereocenters. The number of ether oxygens (including phenoxy) is 1. The summed E-state index contributed by atoms with van der Waals surface area (Å²) in [5, 5.41) is 4.10. The van der Waals surface area contributed by atoms with E-state index < -0.39 is 25.8 Å². The number of aromatic nitrogens is 3. The van der Waals surface area contributed by atoms with Gasteiger partial charge < -0.3 is 15.0 Å². The van der Waals surface area contributed by atoms with Crippen molar-refractivity contribution in [3.05, 3.63) is 48.0 Å². The molecular formula is C25H29FN6O3S. The van der Waals surface area contributed by atoms with E-state index in [1.807, 2.05) is 6.92 Å². The van der Waals surface area contributed by atoms with Gasteiger partial charge >= 0.3 is 0 Å². The number of amidine groups is 1. The molecule has 3 aromatic rings. The first-order valence-electron chi connectivity index (χ1n) is 11.9. The highest BCUT2D eigenvalue weighted by Crippen LogP contribution is 2.48. The summed E-state index contributed by atoms with van der Waals surface area (Å²) in [6.07, 6.45) is 6.68. The first-order chi connectivity index (χ1) is 17.3. The predicted molar refractivity (Wildman–Crippen MR) is 136 cm³/mol. The highest BCUT2D eigenvalue weighted by Gasteiger charge is 2.55. The molecule has 190 valence electrons. The van der Waals surface area contributed by atoms with E-state index in [4.69, 9.17) is 20.0 Å². The van der Waals surface area contributed by atoms with E-state index in [0.29, 0.717) is 59.3 Å². The van der Waals surface area contributed by atoms with Crippen LogP contribution in [0.4, 0.5) is 4.39 Å². The standard InChI is InChI=1S/C25H29FN6O3S/c1-4-24(15-36(33,28-2)25(23(27)31-24)9-5-6-10-25)17-11-16(7-8-18(17)26)21-12-19(32-35-21)20-13-30-22(34-3)14-29-20/h7-8,11-14H,4-6,9-10,15H2,1-3H3,(H2,27,31)/t24-,36?/m0/s1. The minimum absolute atomic E-state index is 0.122. The summed E-state index contributed by atoms with van der Waals surface area (Å²) in [5.41, 5.74) is 7.35. The molecule has 0 radical (unpaired) electrons. The van der Waals surface area contributed by atoms with E-state index in [0.717, 1.165) is 12.8 Å². The Kier molecular flexibility index (Phi) is 6.06. The van der Waals surface area contributed by atoms with Gasteiger partial charge in [-0.25, -0.2) is 22.9 Å². The highest BCUT2D eigenvalue weighted by atomic mass is 32.2. The maximum atomic E-state index is 15.4. The van der Waals surface area contributed by atoms with Crippen LogP contribution in [0.15, 0.2) is 50.5 Å². The fraction of sp³-hybridized carbons (Fsp3) is 0.440. The second-order valence-corrected chi connectivity index (χ2v) is 12.0. The van der Waals surface area contributed by atoms with Crippen molar-refractivity contribution >= 4 is 15.6 Å². The van der Waals surface area contributed by atoms with Crippen LogP contribution in [0.3, 0.4) is 0 Å². The van der Waals surface area contributed by atoms with Gasteiger partial charge in [-0.1, -0.05) is 24.9 Å². The van der Waals surface area contributed by atoms with Crippen molar-refractivity contribution in [2.24, 2.45) is 15.1 Å². The van der Waals surface area contributed by atoms with E-state index in [-0.39, 0.29) is 5.75 Å². The lowest BCUT2D eigenvalue weighted by Crippen LogP contribution is -2.57. The van der Waals surface area contributed by atoms with E-state index >= 15 is 4.39 Å². The molecular weight excluding hydrogens is 483 g/mol. The lowest BCUT2D eigenvalue weighted by molar-refractivity contribution is 0.395. The zero-order valence-corrected chi connectivity index (χ0v) is 21.3. The monoisotopic (exact) mass is 512 g/mol. The molecule has 1 aliphatic carbocycles. The van der Waals surface area contributed by atoms with Crippen LogP contribution in [0.25, 0.3) is 22.7 Å². The van der Waals surface area contributed by atoms with Gasteiger partial charge in [0.05, 0.1) is 35.0 Å². The Labute approximate surface area is 209 Å². The van der Waals surface area contributed by atoms with Crippen LogP contribution in [0, 0.1) is 5.82 Å². The van der Waals surface area contributed by atoms with Crippen molar-refractivity contribution in [2.45, 2.75) is 49.3 Å². The lowest BCUT2D eigenvalue weighted by atomic mass is 9.87. The van der Waals surface area contributed by atoms with Gasteiger partial charge in [0.1, 0.15) is 33.3 Å². The molecule has 1 unspecified atom stereocenters. The third-order valence-electron chi connectivity index (χ3n) is 7.50. The smallest absolute Gasteiger partial charge is 0.232 e. The second kappa shape index (κ2) is 8.95. The molecule has 1 aliphatic heterocycles. The number of nitrogens with zero attached hydrogens (tertiary/aromatic N) is 5. The number of halogens is 1. The fourth-order valence-electron chi connectivity index (χ4n) is 5.38. The zero-order valence-electron chi connectivity index (χ0n) is 20.5. The minimum Gasteiger partial charge on any atom is -0.480 e. The number of aliphatic imine (C=N–C) groups is 1. The fourth-order valence-corrected chi connectivity index (χ4v) is 8.51. The molecule has 2 N–H and O–H groups in total. The predicted octanol–water partition coefficient (Wildman–Crippen LogP) is 4.33. The summed E-state index contributed by atoms with van der Waals surface area (Å²) in [6, 6.07) is 6.38. The lowest BCUT2D eigenvalue weighted by Gasteiger charge is -2.43. The summed E-state index contributed by atoms with van der Waals surface area (Å²) in [4.78, 5) is 13.3. The number of hydrogen-bond donors (Lipinski definition) is 1. The molecule has 1 spiro atoms. The average molecular weight is 513 g/mol. The average Bonchev–Trinajstić information content (AvgIpc) is 3.59. The molecule has 1 aromatic carbocycles. The number of rotatable bonds is 5. The van der Waals surface area contributed by atoms with Gasteiger partial charge in [0.15, 0.2) is 5.76 Å². The quantitative estimate of drug-likeness (QED) is 0.538. The Morgan fingerprint density at radius 3 is 2.61 bits per heavy atom. The second-order valence-electron chi connectivity index (χ2n) is 9.27. The summed E-state index contributed by atoms with van der Waals surface area (Å²) >= 11 is 0. The van der Waals surface area contributed by atoms with Crippen molar-refractivity contribution in [3.63, 3.8) is 0 Å². The van der Waals surface area contributed by atoms with Gasteiger partial charge in [-0.2, -0.15) is 0 Å². The largest absolute Gasteiger partial charge is 0.480 e. The van der Waals surface area contributed by atoms with E-state index in [1.165, 1.54) is 25.6 Å². The SMILES string of the molecule is CC[C@@]1(c2cc(-c3cc(-c4cnc(OC)cn4)no3)ccc2F)CS(=O)(=NC)C2(CCCC2)C(N)=N1. The molecule has 0 bridgehead atoms. The molecule has 11 heteroatoms. The van der Waals surface area contributed by atoms with Gasteiger partial charge in [-0.3, -0.25) is 4.99 Å². The topological polar surface area (TPSA) is 129 Å². The highest BCUT2D eigenvalue weighted by molar-refractivity contribution is 7.95. The minimum atomic E-state index is -2.78. The van der Waals surface area contributed by atoms with Crippen molar-refractivity contribution < 1.29 is 17.9 Å². The third-order valence-corrected chi connectivity index (χ3v) is 10.8. The molecule has 2 aromatic heterocycles. The van der Waals surface area contributed by atoms with Crippen LogP contribution in [-0.4, -0.2) is 49.8 Å². The molecule has 0 amide bonds. The first-order valence-corrected chi connectivity index (χ1v) is 13.6. The Morgan fingerprint density at radius 1 is 1.19 bits per heavy atom. The van der Waals surface area contributed by atoms with Crippen molar-refractivity contribution in [3.8, 4) is 28.6 Å².